The van der Waals surface area contributed by atoms with Crippen molar-refractivity contribution in [3.8, 4) is 0 Å². The van der Waals surface area contributed by atoms with E-state index < -0.39 is 5.97 Å². The quantitative estimate of drug-likeness (QED) is 0.326. The minimum atomic E-state index is -0.475. The molecule has 1 aliphatic rings. The minimum absolute atomic E-state index is 0.0809. The van der Waals surface area contributed by atoms with Crippen molar-refractivity contribution in [2.45, 2.75) is 27.3 Å². The monoisotopic (exact) mass is 505 g/mol. The molecule has 1 aliphatic heterocycles. The number of hydrogen-bond donors (Lipinski definition) is 0. The Morgan fingerprint density at radius 2 is 1.73 bits per heavy atom. The molecule has 0 spiro atoms. The number of amides is 1. The molecule has 1 saturated heterocycles. The predicted octanol–water partition coefficient (Wildman–Crippen LogP) is 3.72. The van der Waals surface area contributed by atoms with Gasteiger partial charge in [-0.05, 0) is 43.2 Å². The van der Waals surface area contributed by atoms with Gasteiger partial charge in [0.25, 0.3) is 5.91 Å². The number of rotatable bonds is 9. The number of carbonyl (C=O) groups excluding carboxylic acids is 3. The molecule has 8 heteroatoms. The number of Topliss-reactive ketones (excluding diaryl/α,β-unsaturated/α-hetero) is 1. The SMILES string of the molecule is CCn1c(C)c(C(=O)CN(CCN2CCOCC2)C(=O)c2cccc3ccccc23)c(C)c1C(=O)OC. The average Bonchev–Trinajstić information content (AvgIpc) is 3.19. The fourth-order valence-corrected chi connectivity index (χ4v) is 5.23. The van der Waals surface area contributed by atoms with Crippen LogP contribution in [0.1, 0.15) is 49.4 Å². The number of morpholine rings is 1. The summed E-state index contributed by atoms with van der Waals surface area (Å²) in [4.78, 5) is 44.0. The van der Waals surface area contributed by atoms with E-state index in [1.165, 1.54) is 7.11 Å². The molecule has 1 fully saturated rings. The number of carbonyl (C=O) groups is 3. The fourth-order valence-electron chi connectivity index (χ4n) is 5.23. The van der Waals surface area contributed by atoms with E-state index in [9.17, 15) is 14.4 Å². The van der Waals surface area contributed by atoms with Crippen LogP contribution in [0.25, 0.3) is 10.8 Å². The van der Waals surface area contributed by atoms with E-state index >= 15 is 0 Å². The fraction of sp³-hybridized carbons (Fsp3) is 0.414. The van der Waals surface area contributed by atoms with Crippen LogP contribution in [-0.2, 0) is 16.0 Å². The second-order valence-electron chi connectivity index (χ2n) is 9.30. The van der Waals surface area contributed by atoms with E-state index in [4.69, 9.17) is 9.47 Å². The van der Waals surface area contributed by atoms with Crippen LogP contribution in [0.3, 0.4) is 0 Å². The van der Waals surface area contributed by atoms with Crippen molar-refractivity contribution < 1.29 is 23.9 Å². The van der Waals surface area contributed by atoms with Gasteiger partial charge in [-0.3, -0.25) is 14.5 Å². The van der Waals surface area contributed by atoms with E-state index in [0.717, 1.165) is 23.9 Å². The van der Waals surface area contributed by atoms with E-state index in [0.29, 0.717) is 60.9 Å². The maximum Gasteiger partial charge on any atom is 0.354 e. The highest BCUT2D eigenvalue weighted by Crippen LogP contribution is 2.25. The highest BCUT2D eigenvalue weighted by atomic mass is 16.5. The number of nitrogens with zero attached hydrogens (tertiary/aromatic N) is 3. The summed E-state index contributed by atoms with van der Waals surface area (Å²) in [5.41, 5.74) is 2.72. The number of hydrogen-bond acceptors (Lipinski definition) is 6. The second kappa shape index (κ2) is 11.7. The normalized spacial score (nSPS) is 14.1. The smallest absolute Gasteiger partial charge is 0.354 e. The van der Waals surface area contributed by atoms with Gasteiger partial charge in [-0.25, -0.2) is 4.79 Å². The third kappa shape index (κ3) is 5.45. The molecule has 0 aliphatic carbocycles. The molecule has 3 aromatic rings. The zero-order chi connectivity index (χ0) is 26.5. The third-order valence-electron chi connectivity index (χ3n) is 7.17. The Bertz CT molecular complexity index is 1300. The number of aromatic nitrogens is 1. The Hall–Kier alpha value is -3.49. The van der Waals surface area contributed by atoms with Crippen LogP contribution < -0.4 is 0 Å². The van der Waals surface area contributed by atoms with Gasteiger partial charge in [-0.2, -0.15) is 0 Å². The molecule has 0 saturated carbocycles. The number of fused-ring (bicyclic) bond motifs is 1. The summed E-state index contributed by atoms with van der Waals surface area (Å²) >= 11 is 0. The topological polar surface area (TPSA) is 81.1 Å². The molecular weight excluding hydrogens is 470 g/mol. The Balaban J connectivity index is 1.67. The van der Waals surface area contributed by atoms with Crippen molar-refractivity contribution in [1.29, 1.82) is 0 Å². The summed E-state index contributed by atoms with van der Waals surface area (Å²) in [5, 5.41) is 1.83. The second-order valence-corrected chi connectivity index (χ2v) is 9.30. The van der Waals surface area contributed by atoms with Gasteiger partial charge in [0, 0.05) is 49.5 Å². The van der Waals surface area contributed by atoms with Gasteiger partial charge in [-0.1, -0.05) is 36.4 Å². The summed E-state index contributed by atoms with van der Waals surface area (Å²) in [6.45, 7) is 9.94. The maximum absolute atomic E-state index is 13.9. The van der Waals surface area contributed by atoms with Crippen LogP contribution in [0.4, 0.5) is 0 Å². The Morgan fingerprint density at radius 1 is 1.03 bits per heavy atom. The van der Waals surface area contributed by atoms with E-state index in [1.807, 2.05) is 56.3 Å². The molecule has 1 amide bonds. The first-order chi connectivity index (χ1) is 17.9. The molecule has 4 rings (SSSR count). The zero-order valence-electron chi connectivity index (χ0n) is 22.1. The standard InChI is InChI=1S/C29H35N3O5/c1-5-32-21(3)26(20(2)27(32)29(35)36-4)25(33)19-31(14-13-30-15-17-37-18-16-30)28(34)24-12-8-10-22-9-6-7-11-23(22)24/h6-12H,5,13-19H2,1-4H3. The summed E-state index contributed by atoms with van der Waals surface area (Å²) < 4.78 is 12.2. The van der Waals surface area contributed by atoms with Gasteiger partial charge >= 0.3 is 5.97 Å². The van der Waals surface area contributed by atoms with Crippen LogP contribution in [0, 0.1) is 13.8 Å². The molecule has 2 aromatic carbocycles. The van der Waals surface area contributed by atoms with Crippen molar-refractivity contribution in [2.75, 3.05) is 53.0 Å². The molecule has 0 unspecified atom stereocenters. The van der Waals surface area contributed by atoms with Crippen LogP contribution in [-0.4, -0.2) is 85.1 Å². The first-order valence-corrected chi connectivity index (χ1v) is 12.8. The molecule has 0 radical (unpaired) electrons. The summed E-state index contributed by atoms with van der Waals surface area (Å²) in [5.74, 6) is -0.850. The van der Waals surface area contributed by atoms with Gasteiger partial charge in [-0.15, -0.1) is 0 Å². The maximum atomic E-state index is 13.9. The number of ether oxygens (including phenoxy) is 2. The lowest BCUT2D eigenvalue weighted by atomic mass is 10.0. The van der Waals surface area contributed by atoms with Crippen molar-refractivity contribution >= 4 is 28.4 Å². The first-order valence-electron chi connectivity index (χ1n) is 12.8. The summed E-state index contributed by atoms with van der Waals surface area (Å²) in [6, 6.07) is 13.4. The Kier molecular flexibility index (Phi) is 8.41. The van der Waals surface area contributed by atoms with Crippen molar-refractivity contribution in [3.63, 3.8) is 0 Å². The van der Waals surface area contributed by atoms with E-state index in [2.05, 4.69) is 4.90 Å². The Labute approximate surface area is 217 Å². The lowest BCUT2D eigenvalue weighted by molar-refractivity contribution is 0.0323. The van der Waals surface area contributed by atoms with Crippen molar-refractivity contribution in [3.05, 3.63) is 70.5 Å². The highest BCUT2D eigenvalue weighted by Gasteiger charge is 2.29. The van der Waals surface area contributed by atoms with Gasteiger partial charge in [0.15, 0.2) is 5.78 Å². The van der Waals surface area contributed by atoms with Crippen LogP contribution in [0.2, 0.25) is 0 Å². The van der Waals surface area contributed by atoms with Gasteiger partial charge in [0.05, 0.1) is 26.9 Å². The number of esters is 1. The molecule has 2 heterocycles. The van der Waals surface area contributed by atoms with Crippen LogP contribution in [0.15, 0.2) is 42.5 Å². The Morgan fingerprint density at radius 3 is 2.43 bits per heavy atom. The van der Waals surface area contributed by atoms with E-state index in [1.54, 1.807) is 16.4 Å². The van der Waals surface area contributed by atoms with Gasteiger partial charge in [0.1, 0.15) is 5.69 Å². The van der Waals surface area contributed by atoms with Crippen molar-refractivity contribution in [1.82, 2.24) is 14.4 Å². The molecule has 0 N–H and O–H groups in total. The molecule has 37 heavy (non-hydrogen) atoms. The first kappa shape index (κ1) is 26.6. The molecule has 8 nitrogen and oxygen atoms in total. The third-order valence-corrected chi connectivity index (χ3v) is 7.17. The predicted molar refractivity (Wildman–Crippen MR) is 142 cm³/mol. The van der Waals surface area contributed by atoms with E-state index in [-0.39, 0.29) is 18.2 Å². The van der Waals surface area contributed by atoms with Gasteiger partial charge < -0.3 is 18.9 Å². The number of benzene rings is 2. The van der Waals surface area contributed by atoms with Crippen LogP contribution >= 0.6 is 0 Å². The summed E-state index contributed by atoms with van der Waals surface area (Å²) in [7, 11) is 1.34. The lowest BCUT2D eigenvalue weighted by Gasteiger charge is -2.30. The van der Waals surface area contributed by atoms with Gasteiger partial charge in [0.2, 0.25) is 0 Å². The average molecular weight is 506 g/mol. The molecule has 1 aromatic heterocycles. The van der Waals surface area contributed by atoms with Crippen LogP contribution in [0.5, 0.6) is 0 Å². The molecule has 196 valence electrons. The number of ketones is 1. The summed E-state index contributed by atoms with van der Waals surface area (Å²) in [6.07, 6.45) is 0. The van der Waals surface area contributed by atoms with Crippen molar-refractivity contribution in [2.24, 2.45) is 0 Å². The molecule has 0 bridgehead atoms. The molecule has 0 atom stereocenters. The lowest BCUT2D eigenvalue weighted by Crippen LogP contribution is -2.44. The number of methoxy groups -OCH3 is 1. The highest BCUT2D eigenvalue weighted by molar-refractivity contribution is 6.10. The minimum Gasteiger partial charge on any atom is -0.464 e. The molecular formula is C29H35N3O5. The zero-order valence-corrected chi connectivity index (χ0v) is 22.1. The largest absolute Gasteiger partial charge is 0.464 e.